The first-order valence-electron chi connectivity index (χ1n) is 6.32. The normalized spacial score (nSPS) is 17.7. The summed E-state index contributed by atoms with van der Waals surface area (Å²) >= 11 is 1.62. The van der Waals surface area contributed by atoms with Crippen molar-refractivity contribution in [2.45, 2.75) is 19.4 Å². The zero-order chi connectivity index (χ0) is 13.2. The highest BCUT2D eigenvalue weighted by molar-refractivity contribution is 7.10. The summed E-state index contributed by atoms with van der Waals surface area (Å²) in [4.78, 5) is 15.4. The van der Waals surface area contributed by atoms with Crippen LogP contribution in [0.15, 0.2) is 41.8 Å². The van der Waals surface area contributed by atoms with Gasteiger partial charge in [-0.25, -0.2) is 0 Å². The van der Waals surface area contributed by atoms with Crippen LogP contribution in [0.3, 0.4) is 0 Å². The molecule has 3 rings (SSSR count). The smallest absolute Gasteiger partial charge is 0.232 e. The lowest BCUT2D eigenvalue weighted by Crippen LogP contribution is -2.42. The molecule has 0 radical (unpaired) electrons. The average Bonchev–Trinajstić information content (AvgIpc) is 2.90. The lowest BCUT2D eigenvalue weighted by Gasteiger charge is -2.33. The highest BCUT2D eigenvalue weighted by Gasteiger charge is 2.27. The van der Waals surface area contributed by atoms with Crippen LogP contribution in [0.25, 0.3) is 0 Å². The number of amides is 1. The molecule has 0 saturated heterocycles. The van der Waals surface area contributed by atoms with Crippen LogP contribution in [-0.4, -0.2) is 18.6 Å². The van der Waals surface area contributed by atoms with Crippen molar-refractivity contribution in [3.8, 4) is 5.75 Å². The van der Waals surface area contributed by atoms with Crippen molar-refractivity contribution in [2.75, 3.05) is 11.4 Å². The standard InChI is InChI=1S/C15H15NO2S/c1-11-10-16(13-6-2-3-7-14(13)18-11)15(17)9-12-5-4-8-19-12/h2-8,11H,9-10H2,1H3. The molecule has 1 unspecified atom stereocenters. The number of carbonyl (C=O) groups excluding carboxylic acids is 1. The minimum absolute atomic E-state index is 0.0298. The van der Waals surface area contributed by atoms with Crippen molar-refractivity contribution in [1.29, 1.82) is 0 Å². The maximum atomic E-state index is 12.5. The quantitative estimate of drug-likeness (QED) is 0.841. The fourth-order valence-corrected chi connectivity index (χ4v) is 2.98. The Morgan fingerprint density at radius 3 is 3.00 bits per heavy atom. The third-order valence-electron chi connectivity index (χ3n) is 3.13. The van der Waals surface area contributed by atoms with Gasteiger partial charge in [0.1, 0.15) is 11.9 Å². The predicted octanol–water partition coefficient (Wildman–Crippen LogP) is 3.10. The van der Waals surface area contributed by atoms with Gasteiger partial charge >= 0.3 is 0 Å². The summed E-state index contributed by atoms with van der Waals surface area (Å²) in [6, 6.07) is 11.7. The van der Waals surface area contributed by atoms with Gasteiger partial charge in [-0.3, -0.25) is 4.79 Å². The second-order valence-corrected chi connectivity index (χ2v) is 5.69. The van der Waals surface area contributed by atoms with Gasteiger partial charge in [-0.15, -0.1) is 11.3 Å². The van der Waals surface area contributed by atoms with Crippen molar-refractivity contribution in [1.82, 2.24) is 0 Å². The Kier molecular flexibility index (Phi) is 3.25. The number of thiophene rings is 1. The zero-order valence-electron chi connectivity index (χ0n) is 10.7. The van der Waals surface area contributed by atoms with Gasteiger partial charge in [0.2, 0.25) is 5.91 Å². The van der Waals surface area contributed by atoms with Crippen LogP contribution >= 0.6 is 11.3 Å². The zero-order valence-corrected chi connectivity index (χ0v) is 11.5. The third-order valence-corrected chi connectivity index (χ3v) is 4.01. The maximum Gasteiger partial charge on any atom is 0.232 e. The number of hydrogen-bond acceptors (Lipinski definition) is 3. The molecule has 1 aromatic carbocycles. The van der Waals surface area contributed by atoms with E-state index in [4.69, 9.17) is 4.74 Å². The highest BCUT2D eigenvalue weighted by Crippen LogP contribution is 2.33. The number of benzene rings is 1. The third kappa shape index (κ3) is 2.49. The van der Waals surface area contributed by atoms with Crippen LogP contribution < -0.4 is 9.64 Å². The molecule has 2 heterocycles. The molecule has 19 heavy (non-hydrogen) atoms. The summed E-state index contributed by atoms with van der Waals surface area (Å²) in [5, 5.41) is 2.00. The molecule has 0 spiro atoms. The summed E-state index contributed by atoms with van der Waals surface area (Å²) in [7, 11) is 0. The fraction of sp³-hybridized carbons (Fsp3) is 0.267. The summed E-state index contributed by atoms with van der Waals surface area (Å²) in [5.41, 5.74) is 0.877. The van der Waals surface area contributed by atoms with Crippen molar-refractivity contribution in [2.24, 2.45) is 0 Å². The minimum Gasteiger partial charge on any atom is -0.487 e. The van der Waals surface area contributed by atoms with Gasteiger partial charge in [0.15, 0.2) is 0 Å². The molecule has 1 aliphatic rings. The van der Waals surface area contributed by atoms with Gasteiger partial charge in [0.05, 0.1) is 18.7 Å². The molecule has 0 bridgehead atoms. The van der Waals surface area contributed by atoms with Crippen LogP contribution in [0, 0.1) is 0 Å². The minimum atomic E-state index is 0.0298. The monoisotopic (exact) mass is 273 g/mol. The molecule has 1 atom stereocenters. The Balaban J connectivity index is 1.86. The van der Waals surface area contributed by atoms with E-state index in [0.29, 0.717) is 13.0 Å². The molecule has 1 amide bonds. The molecule has 98 valence electrons. The topological polar surface area (TPSA) is 29.5 Å². The van der Waals surface area contributed by atoms with E-state index in [9.17, 15) is 4.79 Å². The first-order valence-corrected chi connectivity index (χ1v) is 7.20. The summed E-state index contributed by atoms with van der Waals surface area (Å²) in [5.74, 6) is 0.922. The molecule has 0 fully saturated rings. The molecule has 4 heteroatoms. The van der Waals surface area contributed by atoms with Crippen molar-refractivity contribution < 1.29 is 9.53 Å². The van der Waals surface area contributed by atoms with E-state index in [-0.39, 0.29) is 12.0 Å². The Labute approximate surface area is 116 Å². The Bertz CT molecular complexity index is 580. The number of fused-ring (bicyclic) bond motifs is 1. The Hall–Kier alpha value is -1.81. The summed E-state index contributed by atoms with van der Waals surface area (Å²) < 4.78 is 5.76. The van der Waals surface area contributed by atoms with Crippen molar-refractivity contribution >= 4 is 22.9 Å². The first kappa shape index (κ1) is 12.2. The van der Waals surface area contributed by atoms with Gasteiger partial charge in [0.25, 0.3) is 0 Å². The molecule has 3 nitrogen and oxygen atoms in total. The van der Waals surface area contributed by atoms with E-state index in [1.165, 1.54) is 0 Å². The van der Waals surface area contributed by atoms with Gasteiger partial charge in [-0.05, 0) is 30.5 Å². The van der Waals surface area contributed by atoms with Crippen LogP contribution in [-0.2, 0) is 11.2 Å². The molecule has 0 aliphatic carbocycles. The van der Waals surface area contributed by atoms with Crippen molar-refractivity contribution in [3.63, 3.8) is 0 Å². The van der Waals surface area contributed by atoms with E-state index in [1.807, 2.05) is 53.6 Å². The lowest BCUT2D eigenvalue weighted by atomic mass is 10.1. The summed E-state index contributed by atoms with van der Waals surface area (Å²) in [6.07, 6.45) is 0.487. The van der Waals surface area contributed by atoms with Gasteiger partial charge in [-0.2, -0.15) is 0 Å². The largest absolute Gasteiger partial charge is 0.487 e. The lowest BCUT2D eigenvalue weighted by molar-refractivity contribution is -0.118. The summed E-state index contributed by atoms with van der Waals surface area (Å²) in [6.45, 7) is 2.60. The number of nitrogens with zero attached hydrogens (tertiary/aromatic N) is 1. The number of rotatable bonds is 2. The van der Waals surface area contributed by atoms with Crippen LogP contribution in [0.1, 0.15) is 11.8 Å². The van der Waals surface area contributed by atoms with Crippen molar-refractivity contribution in [3.05, 3.63) is 46.7 Å². The Morgan fingerprint density at radius 1 is 1.37 bits per heavy atom. The number of carbonyl (C=O) groups is 1. The van der Waals surface area contributed by atoms with Gasteiger partial charge < -0.3 is 9.64 Å². The van der Waals surface area contributed by atoms with E-state index >= 15 is 0 Å². The number of ether oxygens (including phenoxy) is 1. The Morgan fingerprint density at radius 2 is 2.21 bits per heavy atom. The SMILES string of the molecule is CC1CN(C(=O)Cc2cccs2)c2ccccc2O1. The van der Waals surface area contributed by atoms with Gasteiger partial charge in [-0.1, -0.05) is 18.2 Å². The van der Waals surface area contributed by atoms with E-state index in [1.54, 1.807) is 11.3 Å². The number of anilines is 1. The second kappa shape index (κ2) is 5.05. The predicted molar refractivity (Wildman–Crippen MR) is 76.9 cm³/mol. The van der Waals surface area contributed by atoms with E-state index in [0.717, 1.165) is 16.3 Å². The number of hydrogen-bond donors (Lipinski definition) is 0. The second-order valence-electron chi connectivity index (χ2n) is 4.66. The molecule has 0 N–H and O–H groups in total. The molecule has 2 aromatic rings. The molecule has 0 saturated carbocycles. The molecular weight excluding hydrogens is 258 g/mol. The first-order chi connectivity index (χ1) is 9.24. The van der Waals surface area contributed by atoms with Crippen LogP contribution in [0.2, 0.25) is 0 Å². The fourth-order valence-electron chi connectivity index (χ4n) is 2.28. The number of para-hydroxylation sites is 2. The highest BCUT2D eigenvalue weighted by atomic mass is 32.1. The van der Waals surface area contributed by atoms with Gasteiger partial charge in [0, 0.05) is 4.88 Å². The van der Waals surface area contributed by atoms with E-state index in [2.05, 4.69) is 0 Å². The molecular formula is C15H15NO2S. The van der Waals surface area contributed by atoms with Crippen LogP contribution in [0.4, 0.5) is 5.69 Å². The average molecular weight is 273 g/mol. The maximum absolute atomic E-state index is 12.5. The van der Waals surface area contributed by atoms with E-state index < -0.39 is 0 Å². The van der Waals surface area contributed by atoms with Crippen LogP contribution in [0.5, 0.6) is 5.75 Å². The molecule has 1 aliphatic heterocycles. The molecule has 1 aromatic heterocycles.